The normalized spacial score (nSPS) is 28.0. The number of hydrogen-bond acceptors (Lipinski definition) is 3. The number of guanidine groups is 1. The van der Waals surface area contributed by atoms with Gasteiger partial charge in [-0.2, -0.15) is 0 Å². The van der Waals surface area contributed by atoms with E-state index in [1.165, 1.54) is 38.1 Å². The summed E-state index contributed by atoms with van der Waals surface area (Å²) in [6.07, 6.45) is 8.63. The smallest absolute Gasteiger partial charge is 0.191 e. The third-order valence-corrected chi connectivity index (χ3v) is 5.64. The van der Waals surface area contributed by atoms with E-state index in [0.717, 1.165) is 43.8 Å². The first-order valence-corrected chi connectivity index (χ1v) is 9.49. The largest absolute Gasteiger partial charge is 0.352 e. The molecule has 0 amide bonds. The van der Waals surface area contributed by atoms with E-state index in [-0.39, 0.29) is 0 Å². The van der Waals surface area contributed by atoms with Crippen molar-refractivity contribution < 1.29 is 0 Å². The van der Waals surface area contributed by atoms with Crippen LogP contribution in [-0.4, -0.2) is 52.6 Å². The predicted octanol–water partition coefficient (Wildman–Crippen LogP) is 1.37. The van der Waals surface area contributed by atoms with Crippen LogP contribution in [0.4, 0.5) is 0 Å². The molecule has 3 aliphatic rings. The van der Waals surface area contributed by atoms with Gasteiger partial charge in [0.05, 0.1) is 12.2 Å². The fraction of sp³-hybridized carbons (Fsp3) is 0.778. The molecule has 0 bridgehead atoms. The van der Waals surface area contributed by atoms with Crippen molar-refractivity contribution >= 4 is 5.96 Å². The van der Waals surface area contributed by atoms with Crippen LogP contribution < -0.4 is 10.6 Å². The van der Waals surface area contributed by atoms with E-state index in [0.29, 0.717) is 12.0 Å². The Morgan fingerprint density at radius 1 is 1.33 bits per heavy atom. The summed E-state index contributed by atoms with van der Waals surface area (Å²) in [5.74, 6) is 2.81. The fourth-order valence-corrected chi connectivity index (χ4v) is 4.03. The van der Waals surface area contributed by atoms with Gasteiger partial charge >= 0.3 is 0 Å². The van der Waals surface area contributed by atoms with Crippen molar-refractivity contribution in [3.05, 3.63) is 17.7 Å². The summed E-state index contributed by atoms with van der Waals surface area (Å²) in [6.45, 7) is 6.56. The van der Waals surface area contributed by atoms with Gasteiger partial charge in [0.2, 0.25) is 0 Å². The molecule has 24 heavy (non-hydrogen) atoms. The molecule has 2 N–H and O–H groups in total. The molecule has 1 aromatic heterocycles. The number of imidazole rings is 1. The highest BCUT2D eigenvalue weighted by Crippen LogP contribution is 2.31. The monoisotopic (exact) mass is 330 g/mol. The van der Waals surface area contributed by atoms with Crippen LogP contribution in [0.1, 0.15) is 44.1 Å². The quantitative estimate of drug-likeness (QED) is 0.647. The average Bonchev–Trinajstić information content (AvgIpc) is 3.26. The fourth-order valence-electron chi connectivity index (χ4n) is 4.03. The summed E-state index contributed by atoms with van der Waals surface area (Å²) in [5, 5.41) is 7.07. The minimum atomic E-state index is 0.493. The van der Waals surface area contributed by atoms with Crippen LogP contribution in [0.15, 0.2) is 11.2 Å². The summed E-state index contributed by atoms with van der Waals surface area (Å²) in [7, 11) is 1.85. The minimum Gasteiger partial charge on any atom is -0.352 e. The first kappa shape index (κ1) is 15.9. The van der Waals surface area contributed by atoms with Crippen LogP contribution >= 0.6 is 0 Å². The van der Waals surface area contributed by atoms with Gasteiger partial charge in [-0.3, -0.25) is 9.89 Å². The molecule has 4 rings (SSSR count). The van der Waals surface area contributed by atoms with Crippen molar-refractivity contribution in [2.45, 2.75) is 64.2 Å². The van der Waals surface area contributed by atoms with Gasteiger partial charge in [-0.15, -0.1) is 0 Å². The van der Waals surface area contributed by atoms with Crippen LogP contribution in [0.25, 0.3) is 0 Å². The predicted molar refractivity (Wildman–Crippen MR) is 96.0 cm³/mol. The summed E-state index contributed by atoms with van der Waals surface area (Å²) in [6, 6.07) is 1.35. The van der Waals surface area contributed by atoms with Crippen molar-refractivity contribution in [2.24, 2.45) is 10.9 Å². The standard InChI is InChI=1S/C18H30N6/c1-13-10-24(15-6-7-15)12-16(13)22-18(19-2)20-9-14-11-23-8-4-3-5-17(23)21-14/h11,13,15-16H,3-10,12H2,1-2H3,(H2,19,20,22). The maximum atomic E-state index is 4.76. The molecule has 0 aromatic carbocycles. The highest BCUT2D eigenvalue weighted by Gasteiger charge is 2.38. The molecule has 0 radical (unpaired) electrons. The molecular formula is C18H30N6. The maximum absolute atomic E-state index is 4.76. The number of nitrogens with one attached hydrogen (secondary N) is 2. The Morgan fingerprint density at radius 2 is 2.21 bits per heavy atom. The van der Waals surface area contributed by atoms with Crippen LogP contribution in [0.2, 0.25) is 0 Å². The molecule has 1 saturated heterocycles. The Hall–Kier alpha value is -1.56. The molecule has 1 aromatic rings. The number of hydrogen-bond donors (Lipinski definition) is 2. The van der Waals surface area contributed by atoms with Crippen molar-refractivity contribution in [1.29, 1.82) is 0 Å². The molecule has 2 atom stereocenters. The Morgan fingerprint density at radius 3 is 2.96 bits per heavy atom. The highest BCUT2D eigenvalue weighted by atomic mass is 15.3. The Balaban J connectivity index is 1.30. The van der Waals surface area contributed by atoms with Crippen molar-refractivity contribution in [3.63, 3.8) is 0 Å². The molecule has 0 spiro atoms. The Labute approximate surface area is 144 Å². The molecule has 6 nitrogen and oxygen atoms in total. The topological polar surface area (TPSA) is 57.5 Å². The molecule has 132 valence electrons. The van der Waals surface area contributed by atoms with Gasteiger partial charge in [0.15, 0.2) is 5.96 Å². The van der Waals surface area contributed by atoms with E-state index in [1.807, 2.05) is 7.05 Å². The van der Waals surface area contributed by atoms with E-state index < -0.39 is 0 Å². The number of likely N-dealkylation sites (tertiary alicyclic amines) is 1. The van der Waals surface area contributed by atoms with Gasteiger partial charge in [0.25, 0.3) is 0 Å². The van der Waals surface area contributed by atoms with Gasteiger partial charge in [0, 0.05) is 51.4 Å². The molecule has 6 heteroatoms. The van der Waals surface area contributed by atoms with Crippen molar-refractivity contribution in [1.82, 2.24) is 25.1 Å². The zero-order valence-corrected chi connectivity index (χ0v) is 15.0. The lowest BCUT2D eigenvalue weighted by molar-refractivity contribution is 0.315. The Kier molecular flexibility index (Phi) is 4.48. The number of rotatable bonds is 4. The summed E-state index contributed by atoms with van der Waals surface area (Å²) >= 11 is 0. The zero-order valence-electron chi connectivity index (χ0n) is 15.0. The van der Waals surface area contributed by atoms with E-state index in [9.17, 15) is 0 Å². The van der Waals surface area contributed by atoms with Crippen molar-refractivity contribution in [3.8, 4) is 0 Å². The number of fused-ring (bicyclic) bond motifs is 1. The summed E-state index contributed by atoms with van der Waals surface area (Å²) < 4.78 is 2.31. The highest BCUT2D eigenvalue weighted by molar-refractivity contribution is 5.80. The van der Waals surface area contributed by atoms with Gasteiger partial charge in [-0.1, -0.05) is 6.92 Å². The third-order valence-electron chi connectivity index (χ3n) is 5.64. The Bertz CT molecular complexity index is 579. The molecule has 2 unspecified atom stereocenters. The molecule has 1 saturated carbocycles. The lowest BCUT2D eigenvalue weighted by Gasteiger charge is -2.20. The number of aryl methyl sites for hydroxylation is 2. The van der Waals surface area contributed by atoms with Gasteiger partial charge < -0.3 is 15.2 Å². The SMILES string of the molecule is CN=C(NCc1cn2c(n1)CCCC2)NC1CN(C2CC2)CC1C. The third kappa shape index (κ3) is 3.43. The first-order valence-electron chi connectivity index (χ1n) is 9.49. The second kappa shape index (κ2) is 6.75. The molecule has 3 heterocycles. The van der Waals surface area contributed by atoms with E-state index >= 15 is 0 Å². The lowest BCUT2D eigenvalue weighted by Crippen LogP contribution is -2.46. The average molecular weight is 330 g/mol. The minimum absolute atomic E-state index is 0.493. The molecule has 2 fully saturated rings. The van der Waals surface area contributed by atoms with Crippen molar-refractivity contribution in [2.75, 3.05) is 20.1 Å². The first-order chi connectivity index (χ1) is 11.7. The van der Waals surface area contributed by atoms with E-state index in [2.05, 4.69) is 38.2 Å². The van der Waals surface area contributed by atoms with Gasteiger partial charge in [0.1, 0.15) is 5.82 Å². The second-order valence-electron chi connectivity index (χ2n) is 7.64. The number of nitrogens with zero attached hydrogens (tertiary/aromatic N) is 4. The van der Waals surface area contributed by atoms with Gasteiger partial charge in [-0.25, -0.2) is 4.98 Å². The summed E-state index contributed by atoms with van der Waals surface area (Å²) in [5.41, 5.74) is 1.12. The molecule has 1 aliphatic carbocycles. The van der Waals surface area contributed by atoms with Crippen LogP contribution in [0.5, 0.6) is 0 Å². The zero-order chi connectivity index (χ0) is 16.5. The van der Waals surface area contributed by atoms with Gasteiger partial charge in [-0.05, 0) is 31.6 Å². The van der Waals surface area contributed by atoms with Crippen LogP contribution in [0, 0.1) is 5.92 Å². The van der Waals surface area contributed by atoms with Crippen LogP contribution in [-0.2, 0) is 19.5 Å². The lowest BCUT2D eigenvalue weighted by atomic mass is 10.1. The van der Waals surface area contributed by atoms with E-state index in [4.69, 9.17) is 4.98 Å². The van der Waals surface area contributed by atoms with Crippen LogP contribution in [0.3, 0.4) is 0 Å². The molecule has 2 aliphatic heterocycles. The van der Waals surface area contributed by atoms with E-state index in [1.54, 1.807) is 0 Å². The second-order valence-corrected chi connectivity index (χ2v) is 7.64. The maximum Gasteiger partial charge on any atom is 0.191 e. The molecular weight excluding hydrogens is 300 g/mol. The number of aromatic nitrogens is 2. The number of aliphatic imine (C=N–C) groups is 1. The summed E-state index contributed by atoms with van der Waals surface area (Å²) in [4.78, 5) is 11.8.